The summed E-state index contributed by atoms with van der Waals surface area (Å²) in [6.45, 7) is 0. The summed E-state index contributed by atoms with van der Waals surface area (Å²) in [5, 5.41) is 48.8. The van der Waals surface area contributed by atoms with Gasteiger partial charge in [-0.15, -0.1) is 0 Å². The van der Waals surface area contributed by atoms with Crippen LogP contribution >= 0.6 is 0 Å². The number of rotatable bonds is 4. The Morgan fingerprint density at radius 3 is 1.42 bits per heavy atom. The molecule has 6 heteroatoms. The zero-order valence-electron chi connectivity index (χ0n) is 13.9. The Kier molecular flexibility index (Phi) is 4.49. The number of phenols is 5. The van der Waals surface area contributed by atoms with Crippen LogP contribution in [0.3, 0.4) is 0 Å². The minimum absolute atomic E-state index is 0.0166. The lowest BCUT2D eigenvalue weighted by molar-refractivity contribution is 0.373. The van der Waals surface area contributed by atoms with E-state index >= 15 is 0 Å². The molecule has 0 bridgehead atoms. The van der Waals surface area contributed by atoms with Gasteiger partial charge in [0, 0.05) is 5.92 Å². The highest BCUT2D eigenvalue weighted by atomic mass is 16.5. The molecule has 0 spiro atoms. The van der Waals surface area contributed by atoms with Crippen LogP contribution in [-0.4, -0.2) is 32.6 Å². The first-order valence-electron chi connectivity index (χ1n) is 7.81. The van der Waals surface area contributed by atoms with Crippen molar-refractivity contribution < 1.29 is 30.3 Å². The highest BCUT2D eigenvalue weighted by Crippen LogP contribution is 2.40. The van der Waals surface area contributed by atoms with E-state index < -0.39 is 5.92 Å². The van der Waals surface area contributed by atoms with Gasteiger partial charge in [-0.05, 0) is 53.1 Å². The Labute approximate surface area is 149 Å². The van der Waals surface area contributed by atoms with E-state index in [-0.39, 0.29) is 34.5 Å². The second kappa shape index (κ2) is 6.76. The maximum atomic E-state index is 9.88. The van der Waals surface area contributed by atoms with Gasteiger partial charge in [-0.2, -0.15) is 0 Å². The van der Waals surface area contributed by atoms with Crippen molar-refractivity contribution in [3.8, 4) is 34.5 Å². The third-order valence-corrected chi connectivity index (χ3v) is 4.20. The molecule has 0 unspecified atom stereocenters. The fourth-order valence-corrected chi connectivity index (χ4v) is 2.89. The molecule has 0 radical (unpaired) electrons. The molecule has 0 aliphatic carbocycles. The van der Waals surface area contributed by atoms with Crippen LogP contribution in [0.25, 0.3) is 0 Å². The van der Waals surface area contributed by atoms with Crippen LogP contribution in [0.15, 0.2) is 54.6 Å². The third-order valence-electron chi connectivity index (χ3n) is 4.20. The fraction of sp³-hybridized carbons (Fsp3) is 0.100. The summed E-state index contributed by atoms with van der Waals surface area (Å²) in [6.07, 6.45) is 0. The monoisotopic (exact) mass is 354 g/mol. The lowest BCUT2D eigenvalue weighted by Crippen LogP contribution is -2.04. The Bertz CT molecular complexity index is 900. The minimum atomic E-state index is -0.456. The molecule has 0 atom stereocenters. The third kappa shape index (κ3) is 3.17. The summed E-state index contributed by atoms with van der Waals surface area (Å²) >= 11 is 0. The first-order valence-corrected chi connectivity index (χ1v) is 7.81. The SMILES string of the molecule is COc1cc(C(c2ccc(O)c(O)c2)c2ccc(O)c(O)c2)ccc1O. The molecule has 0 saturated carbocycles. The van der Waals surface area contributed by atoms with Crippen LogP contribution in [0.2, 0.25) is 0 Å². The number of ether oxygens (including phenoxy) is 1. The molecule has 26 heavy (non-hydrogen) atoms. The standard InChI is InChI=1S/C20H18O6/c1-26-19-10-13(4-7-16(19)23)20(11-2-5-14(21)17(24)8-11)12-3-6-15(22)18(25)9-12/h2-10,20-25H,1H3. The predicted octanol–water partition coefficient (Wildman–Crippen LogP) is 3.40. The number of hydrogen-bond donors (Lipinski definition) is 5. The number of benzene rings is 3. The number of phenolic OH excluding ortho intramolecular Hbond substituents is 5. The lowest BCUT2D eigenvalue weighted by atomic mass is 9.84. The molecular weight excluding hydrogens is 336 g/mol. The van der Waals surface area contributed by atoms with Gasteiger partial charge in [0.05, 0.1) is 7.11 Å². The van der Waals surface area contributed by atoms with Gasteiger partial charge in [0.25, 0.3) is 0 Å². The largest absolute Gasteiger partial charge is 0.504 e. The molecule has 134 valence electrons. The number of hydrogen-bond acceptors (Lipinski definition) is 6. The number of methoxy groups -OCH3 is 1. The maximum absolute atomic E-state index is 9.88. The van der Waals surface area contributed by atoms with E-state index in [2.05, 4.69) is 0 Å². The van der Waals surface area contributed by atoms with Gasteiger partial charge in [-0.1, -0.05) is 18.2 Å². The molecule has 6 nitrogen and oxygen atoms in total. The van der Waals surface area contributed by atoms with Crippen molar-refractivity contribution in [3.05, 3.63) is 71.3 Å². The van der Waals surface area contributed by atoms with Crippen molar-refractivity contribution in [1.29, 1.82) is 0 Å². The summed E-state index contributed by atoms with van der Waals surface area (Å²) in [5.74, 6) is -1.24. The quantitative estimate of drug-likeness (QED) is 0.363. The van der Waals surface area contributed by atoms with Gasteiger partial charge >= 0.3 is 0 Å². The van der Waals surface area contributed by atoms with Crippen LogP contribution in [0.4, 0.5) is 0 Å². The summed E-state index contributed by atoms with van der Waals surface area (Å²) in [4.78, 5) is 0. The van der Waals surface area contributed by atoms with Crippen LogP contribution in [0, 0.1) is 0 Å². The van der Waals surface area contributed by atoms with Crippen molar-refractivity contribution >= 4 is 0 Å². The van der Waals surface area contributed by atoms with Crippen molar-refractivity contribution in [1.82, 2.24) is 0 Å². The van der Waals surface area contributed by atoms with E-state index in [4.69, 9.17) is 4.74 Å². The average Bonchev–Trinajstić information content (AvgIpc) is 2.62. The Morgan fingerprint density at radius 1 is 0.577 bits per heavy atom. The van der Waals surface area contributed by atoms with E-state index in [9.17, 15) is 25.5 Å². The molecule has 0 aromatic heterocycles. The summed E-state index contributed by atoms with van der Waals surface area (Å²) < 4.78 is 5.16. The zero-order chi connectivity index (χ0) is 18.8. The Hall–Kier alpha value is -3.54. The Balaban J connectivity index is 2.21. The first-order chi connectivity index (χ1) is 12.4. The molecule has 3 rings (SSSR count). The van der Waals surface area contributed by atoms with Gasteiger partial charge in [0.15, 0.2) is 34.5 Å². The van der Waals surface area contributed by atoms with E-state index in [1.165, 1.54) is 37.4 Å². The lowest BCUT2D eigenvalue weighted by Gasteiger charge is -2.20. The topological polar surface area (TPSA) is 110 Å². The number of aromatic hydroxyl groups is 5. The molecular formula is C20H18O6. The van der Waals surface area contributed by atoms with Crippen molar-refractivity contribution in [3.63, 3.8) is 0 Å². The smallest absolute Gasteiger partial charge is 0.160 e. The predicted molar refractivity (Wildman–Crippen MR) is 95.1 cm³/mol. The van der Waals surface area contributed by atoms with Crippen molar-refractivity contribution in [2.24, 2.45) is 0 Å². The molecule has 3 aromatic carbocycles. The van der Waals surface area contributed by atoms with Crippen LogP contribution in [0.1, 0.15) is 22.6 Å². The van der Waals surface area contributed by atoms with E-state index in [1.807, 2.05) is 0 Å². The normalized spacial score (nSPS) is 10.8. The van der Waals surface area contributed by atoms with Gasteiger partial charge in [-0.25, -0.2) is 0 Å². The van der Waals surface area contributed by atoms with Crippen LogP contribution < -0.4 is 4.74 Å². The first kappa shape index (κ1) is 17.3. The Morgan fingerprint density at radius 2 is 1.00 bits per heavy atom. The molecule has 0 aliphatic heterocycles. The maximum Gasteiger partial charge on any atom is 0.160 e. The van der Waals surface area contributed by atoms with Crippen molar-refractivity contribution in [2.45, 2.75) is 5.92 Å². The van der Waals surface area contributed by atoms with Gasteiger partial charge in [-0.3, -0.25) is 0 Å². The molecule has 0 amide bonds. The molecule has 5 N–H and O–H groups in total. The second-order valence-corrected chi connectivity index (χ2v) is 5.86. The van der Waals surface area contributed by atoms with Gasteiger partial charge < -0.3 is 30.3 Å². The summed E-state index contributed by atoms with van der Waals surface area (Å²) in [7, 11) is 1.44. The van der Waals surface area contributed by atoms with E-state index in [1.54, 1.807) is 24.3 Å². The van der Waals surface area contributed by atoms with Gasteiger partial charge in [0.2, 0.25) is 0 Å². The average molecular weight is 354 g/mol. The van der Waals surface area contributed by atoms with E-state index in [0.717, 1.165) is 5.56 Å². The molecule has 0 fully saturated rings. The van der Waals surface area contributed by atoms with Crippen LogP contribution in [0.5, 0.6) is 34.5 Å². The van der Waals surface area contributed by atoms with Crippen LogP contribution in [-0.2, 0) is 0 Å². The highest BCUT2D eigenvalue weighted by molar-refractivity contribution is 5.54. The van der Waals surface area contributed by atoms with E-state index in [0.29, 0.717) is 11.1 Å². The summed E-state index contributed by atoms with van der Waals surface area (Å²) in [6, 6.07) is 13.7. The zero-order valence-corrected chi connectivity index (χ0v) is 13.9. The summed E-state index contributed by atoms with van der Waals surface area (Å²) in [5.41, 5.74) is 1.99. The highest BCUT2D eigenvalue weighted by Gasteiger charge is 2.21. The minimum Gasteiger partial charge on any atom is -0.504 e. The molecule has 0 aliphatic rings. The van der Waals surface area contributed by atoms with Crippen molar-refractivity contribution in [2.75, 3.05) is 7.11 Å². The second-order valence-electron chi connectivity index (χ2n) is 5.86. The molecule has 0 heterocycles. The fourth-order valence-electron chi connectivity index (χ4n) is 2.89. The molecule has 3 aromatic rings. The molecule has 0 saturated heterocycles. The van der Waals surface area contributed by atoms with Gasteiger partial charge in [0.1, 0.15) is 0 Å².